The molecular weight excluding hydrogens is 347 g/mol. The van der Waals surface area contributed by atoms with Crippen LogP contribution >= 0.6 is 7.82 Å². The Hall–Kier alpha value is -2.04. The topological polar surface area (TPSA) is 187 Å². The van der Waals surface area contributed by atoms with Crippen molar-refractivity contribution in [1.29, 1.82) is 0 Å². The molecule has 1 aromatic rings. The second-order valence-electron chi connectivity index (χ2n) is 4.83. The first kappa shape index (κ1) is 20.0. The molecule has 1 heterocycles. The molecule has 0 aliphatic rings. The van der Waals surface area contributed by atoms with E-state index < -0.39 is 38.8 Å². The van der Waals surface area contributed by atoms with Crippen LogP contribution in [0.2, 0.25) is 0 Å². The Bertz CT molecular complexity index is 673. The maximum absolute atomic E-state index is 11.0. The van der Waals surface area contributed by atoms with E-state index in [2.05, 4.69) is 14.8 Å². The molecule has 134 valence electrons. The smallest absolute Gasteiger partial charge is 0.469 e. The zero-order valence-corrected chi connectivity index (χ0v) is 13.4. The van der Waals surface area contributed by atoms with Crippen molar-refractivity contribution >= 4 is 19.8 Å². The number of rotatable bonds is 9. The number of nitrogens with one attached hydrogen (secondary N) is 1. The predicted molar refractivity (Wildman–Crippen MR) is 78.0 cm³/mol. The van der Waals surface area contributed by atoms with Gasteiger partial charge in [-0.15, -0.1) is 0 Å². The molecule has 1 aromatic heterocycles. The third-order valence-corrected chi connectivity index (χ3v) is 3.49. The van der Waals surface area contributed by atoms with Crippen molar-refractivity contribution in [2.24, 2.45) is 0 Å². The van der Waals surface area contributed by atoms with Gasteiger partial charge in [0, 0.05) is 23.9 Å². The van der Waals surface area contributed by atoms with Gasteiger partial charge in [0.1, 0.15) is 11.8 Å². The van der Waals surface area contributed by atoms with Crippen molar-refractivity contribution in [2.45, 2.75) is 32.5 Å². The van der Waals surface area contributed by atoms with E-state index in [0.717, 1.165) is 0 Å². The first-order chi connectivity index (χ1) is 11.0. The van der Waals surface area contributed by atoms with Crippen LogP contribution in [0.3, 0.4) is 0 Å². The second-order valence-corrected chi connectivity index (χ2v) is 6.07. The molecule has 0 amide bonds. The van der Waals surface area contributed by atoms with Gasteiger partial charge < -0.3 is 25.1 Å². The lowest BCUT2D eigenvalue weighted by atomic mass is 10.1. The number of nitrogens with zero attached hydrogens (tertiary/aromatic N) is 1. The highest BCUT2D eigenvalue weighted by Gasteiger charge is 2.23. The first-order valence-corrected chi connectivity index (χ1v) is 8.08. The van der Waals surface area contributed by atoms with Crippen LogP contribution in [-0.2, 0) is 31.8 Å². The molecule has 0 spiro atoms. The highest BCUT2D eigenvalue weighted by atomic mass is 31.2. The van der Waals surface area contributed by atoms with Crippen molar-refractivity contribution in [3.05, 3.63) is 23.0 Å². The van der Waals surface area contributed by atoms with Crippen LogP contribution in [0, 0.1) is 6.92 Å². The third kappa shape index (κ3) is 6.22. The van der Waals surface area contributed by atoms with Crippen LogP contribution in [0.15, 0.2) is 6.20 Å². The molecule has 0 aliphatic carbocycles. The molecule has 0 saturated carbocycles. The zero-order valence-electron chi connectivity index (χ0n) is 12.5. The molecule has 0 radical (unpaired) electrons. The molecule has 24 heavy (non-hydrogen) atoms. The summed E-state index contributed by atoms with van der Waals surface area (Å²) in [4.78, 5) is 43.0. The van der Waals surface area contributed by atoms with Crippen LogP contribution in [0.4, 0.5) is 0 Å². The molecule has 12 heteroatoms. The monoisotopic (exact) mass is 364 g/mol. The fraction of sp³-hybridized carbons (Fsp3) is 0.417. The summed E-state index contributed by atoms with van der Waals surface area (Å²) in [5.41, 5.74) is 0.429. The highest BCUT2D eigenvalue weighted by Crippen LogP contribution is 2.38. The van der Waals surface area contributed by atoms with Gasteiger partial charge in [-0.05, 0) is 6.92 Å². The minimum Gasteiger partial charge on any atom is -0.506 e. The number of aromatic nitrogens is 1. The molecule has 1 unspecified atom stereocenters. The number of aromatic hydroxyl groups is 1. The van der Waals surface area contributed by atoms with E-state index in [-0.39, 0.29) is 29.1 Å². The molecule has 0 aliphatic heterocycles. The number of pyridine rings is 1. The van der Waals surface area contributed by atoms with Crippen molar-refractivity contribution in [2.75, 3.05) is 0 Å². The normalized spacial score (nSPS) is 12.8. The van der Waals surface area contributed by atoms with E-state index in [0.29, 0.717) is 0 Å². The van der Waals surface area contributed by atoms with Crippen LogP contribution in [0.5, 0.6) is 5.75 Å². The van der Waals surface area contributed by atoms with E-state index >= 15 is 0 Å². The van der Waals surface area contributed by atoms with Crippen LogP contribution < -0.4 is 5.32 Å². The molecule has 1 rings (SSSR count). The van der Waals surface area contributed by atoms with Gasteiger partial charge in [-0.2, -0.15) is 0 Å². The average Bonchev–Trinajstić information content (AvgIpc) is 2.44. The van der Waals surface area contributed by atoms with Crippen molar-refractivity contribution in [1.82, 2.24) is 10.3 Å². The molecule has 0 fully saturated rings. The summed E-state index contributed by atoms with van der Waals surface area (Å²) in [5, 5.41) is 30.1. The summed E-state index contributed by atoms with van der Waals surface area (Å²) < 4.78 is 15.1. The van der Waals surface area contributed by atoms with E-state index in [1.165, 1.54) is 13.1 Å². The maximum Gasteiger partial charge on any atom is 0.469 e. The van der Waals surface area contributed by atoms with E-state index in [9.17, 15) is 19.3 Å². The average molecular weight is 364 g/mol. The van der Waals surface area contributed by atoms with Gasteiger partial charge in [0.05, 0.1) is 18.7 Å². The predicted octanol–water partition coefficient (Wildman–Crippen LogP) is -0.278. The highest BCUT2D eigenvalue weighted by molar-refractivity contribution is 7.46. The van der Waals surface area contributed by atoms with Crippen LogP contribution in [0.1, 0.15) is 23.2 Å². The first-order valence-electron chi connectivity index (χ1n) is 6.55. The SMILES string of the molecule is Cc1ncc(COP(=O)(O)O)c(CNC(CC(=O)O)C(=O)O)c1O. The Labute approximate surface area is 136 Å². The Morgan fingerprint density at radius 3 is 2.50 bits per heavy atom. The number of hydrogen-bond donors (Lipinski definition) is 6. The number of aryl methyl sites for hydroxylation is 1. The van der Waals surface area contributed by atoms with E-state index in [1.807, 2.05) is 0 Å². The summed E-state index contributed by atoms with van der Waals surface area (Å²) in [6, 6.07) is -1.41. The van der Waals surface area contributed by atoms with E-state index in [4.69, 9.17) is 20.0 Å². The maximum atomic E-state index is 11.0. The molecule has 0 bridgehead atoms. The molecule has 0 aromatic carbocycles. The molecule has 6 N–H and O–H groups in total. The summed E-state index contributed by atoms with van der Waals surface area (Å²) >= 11 is 0. The lowest BCUT2D eigenvalue weighted by Crippen LogP contribution is -2.38. The summed E-state index contributed by atoms with van der Waals surface area (Å²) in [7, 11) is -4.75. The quantitative estimate of drug-likeness (QED) is 0.316. The molecule has 11 nitrogen and oxygen atoms in total. The second kappa shape index (κ2) is 8.18. The number of hydrogen-bond acceptors (Lipinski definition) is 7. The summed E-state index contributed by atoms with van der Waals surface area (Å²) in [6.07, 6.45) is 0.531. The molecule has 1 atom stereocenters. The standard InChI is InChI=1S/C12H17N2O9P/c1-6-11(17)8(4-14-9(12(18)19)2-10(15)16)7(3-13-6)5-23-24(20,21)22/h3,9,14,17H,2,4-5H2,1H3,(H,15,16)(H,18,19)(H2,20,21,22). The third-order valence-electron chi connectivity index (χ3n) is 3.02. The summed E-state index contributed by atoms with van der Waals surface area (Å²) in [6.45, 7) is 0.635. The minimum absolute atomic E-state index is 0.104. The van der Waals surface area contributed by atoms with Crippen molar-refractivity contribution in [3.8, 4) is 5.75 Å². The number of aliphatic carboxylic acids is 2. The van der Waals surface area contributed by atoms with Gasteiger partial charge in [0.2, 0.25) is 0 Å². The Morgan fingerprint density at radius 2 is 2.00 bits per heavy atom. The Kier molecular flexibility index (Phi) is 6.81. The Morgan fingerprint density at radius 1 is 1.38 bits per heavy atom. The van der Waals surface area contributed by atoms with Crippen LogP contribution in [-0.4, -0.2) is 48.1 Å². The van der Waals surface area contributed by atoms with Gasteiger partial charge in [0.15, 0.2) is 0 Å². The number of carboxylic acid groups (broad SMARTS) is 2. The number of phosphoric ester groups is 1. The number of carboxylic acids is 2. The fourth-order valence-corrected chi connectivity index (χ4v) is 2.11. The van der Waals surface area contributed by atoms with Gasteiger partial charge in [-0.25, -0.2) is 4.57 Å². The fourth-order valence-electron chi connectivity index (χ4n) is 1.81. The van der Waals surface area contributed by atoms with Crippen molar-refractivity contribution < 1.29 is 43.8 Å². The van der Waals surface area contributed by atoms with Gasteiger partial charge in [-0.1, -0.05) is 0 Å². The van der Waals surface area contributed by atoms with Gasteiger partial charge in [0.25, 0.3) is 0 Å². The number of carbonyl (C=O) groups is 2. The van der Waals surface area contributed by atoms with E-state index in [1.54, 1.807) is 0 Å². The van der Waals surface area contributed by atoms with Crippen molar-refractivity contribution in [3.63, 3.8) is 0 Å². The summed E-state index contributed by atoms with van der Waals surface area (Å²) in [5.74, 6) is -3.03. The lowest BCUT2D eigenvalue weighted by Gasteiger charge is -2.17. The zero-order chi connectivity index (χ0) is 18.5. The molecule has 0 saturated heterocycles. The van der Waals surface area contributed by atoms with Gasteiger partial charge in [-0.3, -0.25) is 24.4 Å². The Balaban J connectivity index is 2.99. The molecular formula is C12H17N2O9P. The van der Waals surface area contributed by atoms with Crippen LogP contribution in [0.25, 0.3) is 0 Å². The minimum atomic E-state index is -4.75. The number of phosphoric acid groups is 1. The van der Waals surface area contributed by atoms with Gasteiger partial charge >= 0.3 is 19.8 Å². The lowest BCUT2D eigenvalue weighted by molar-refractivity contribution is -0.146. The largest absolute Gasteiger partial charge is 0.506 e.